The molecule has 1 amide bonds. The van der Waals surface area contributed by atoms with Gasteiger partial charge in [0.15, 0.2) is 12.4 Å². The van der Waals surface area contributed by atoms with Gasteiger partial charge in [0.05, 0.1) is 31.4 Å². The van der Waals surface area contributed by atoms with Crippen molar-refractivity contribution >= 4 is 22.5 Å². The number of azo groups is 1. The molecule has 0 spiro atoms. The average molecular weight is 395 g/mol. The number of aromatic nitrogens is 1. The number of methoxy groups -OCH3 is 1. The number of nitrogens with zero attached hydrogens (tertiary/aromatic N) is 3. The zero-order valence-corrected chi connectivity index (χ0v) is 16.2. The summed E-state index contributed by atoms with van der Waals surface area (Å²) in [5.41, 5.74) is 1.46. The highest BCUT2D eigenvalue weighted by Gasteiger charge is 2.22. The normalized spacial score (nSPS) is 15.2. The molecule has 3 aromatic rings. The summed E-state index contributed by atoms with van der Waals surface area (Å²) in [7, 11) is 1.50. The maximum atomic E-state index is 12.5. The van der Waals surface area contributed by atoms with Crippen molar-refractivity contribution < 1.29 is 24.3 Å². The minimum Gasteiger partial charge on any atom is -0.496 e. The zero-order chi connectivity index (χ0) is 20.2. The number of carbonyl (C=O) groups excluding carboxylic acids is 1. The van der Waals surface area contributed by atoms with Gasteiger partial charge in [0.25, 0.3) is 5.91 Å². The first-order valence-corrected chi connectivity index (χ1v) is 9.49. The molecule has 0 radical (unpaired) electrons. The van der Waals surface area contributed by atoms with Crippen LogP contribution in [0.25, 0.3) is 10.9 Å². The molecule has 0 aliphatic carbocycles. The molecule has 8 nitrogen and oxygen atoms in total. The Labute approximate surface area is 168 Å². The van der Waals surface area contributed by atoms with Gasteiger partial charge in [-0.3, -0.25) is 9.36 Å². The van der Waals surface area contributed by atoms with Gasteiger partial charge >= 0.3 is 0 Å². The minimum absolute atomic E-state index is 0.00164. The molecule has 1 fully saturated rings. The molecular weight excluding hydrogens is 372 g/mol. The molecule has 29 heavy (non-hydrogen) atoms. The summed E-state index contributed by atoms with van der Waals surface area (Å²) in [6, 6.07) is 14.4. The number of quaternary nitrogens is 1. The maximum absolute atomic E-state index is 12.5. The molecule has 0 unspecified atom stereocenters. The molecule has 0 atom stereocenters. The number of amides is 1. The van der Waals surface area contributed by atoms with Gasteiger partial charge in [0.1, 0.15) is 18.8 Å². The van der Waals surface area contributed by atoms with Crippen LogP contribution in [0.4, 0.5) is 5.69 Å². The number of carbonyl (C=O) groups is 1. The summed E-state index contributed by atoms with van der Waals surface area (Å²) in [6.07, 6.45) is 0. The van der Waals surface area contributed by atoms with Gasteiger partial charge in [0, 0.05) is 5.39 Å². The van der Waals surface area contributed by atoms with Crippen LogP contribution in [-0.4, -0.2) is 49.0 Å². The van der Waals surface area contributed by atoms with Gasteiger partial charge in [-0.1, -0.05) is 30.3 Å². The smallest absolute Gasteiger partial charge is 0.299 e. The molecule has 8 heteroatoms. The molecule has 2 N–H and O–H groups in total. The van der Waals surface area contributed by atoms with Crippen LogP contribution in [0, 0.1) is 0 Å². The SMILES string of the molecule is COc1ccccc1C(=O)N=Nc1c(O)n(C[NH+]2CCOCC2)c2ccccc12. The molecule has 1 aromatic heterocycles. The van der Waals surface area contributed by atoms with Crippen molar-refractivity contribution in [3.05, 3.63) is 54.1 Å². The lowest BCUT2D eigenvalue weighted by Gasteiger charge is -2.24. The number of nitrogens with one attached hydrogen (secondary N) is 1. The first kappa shape index (κ1) is 19.1. The van der Waals surface area contributed by atoms with Gasteiger partial charge in [-0.25, -0.2) is 0 Å². The van der Waals surface area contributed by atoms with E-state index in [4.69, 9.17) is 9.47 Å². The summed E-state index contributed by atoms with van der Waals surface area (Å²) < 4.78 is 12.4. The Hall–Kier alpha value is -3.23. The van der Waals surface area contributed by atoms with Crippen LogP contribution >= 0.6 is 0 Å². The van der Waals surface area contributed by atoms with E-state index in [1.165, 1.54) is 12.0 Å². The van der Waals surface area contributed by atoms with Crippen LogP contribution < -0.4 is 9.64 Å². The summed E-state index contributed by atoms with van der Waals surface area (Å²) >= 11 is 0. The molecule has 2 aromatic carbocycles. The van der Waals surface area contributed by atoms with Crippen LogP contribution in [0.3, 0.4) is 0 Å². The second-order valence-electron chi connectivity index (χ2n) is 6.84. The Morgan fingerprint density at radius 1 is 1.17 bits per heavy atom. The summed E-state index contributed by atoms with van der Waals surface area (Å²) in [5, 5.41) is 19.6. The van der Waals surface area contributed by atoms with Gasteiger partial charge < -0.3 is 19.5 Å². The number of ether oxygens (including phenoxy) is 2. The number of hydrogen-bond donors (Lipinski definition) is 2. The van der Waals surface area contributed by atoms with Gasteiger partial charge in [-0.15, -0.1) is 10.2 Å². The van der Waals surface area contributed by atoms with Crippen molar-refractivity contribution in [3.63, 3.8) is 0 Å². The maximum Gasteiger partial charge on any atom is 0.299 e. The molecule has 1 saturated heterocycles. The third kappa shape index (κ3) is 3.85. The molecule has 0 bridgehead atoms. The number of benzene rings is 2. The summed E-state index contributed by atoms with van der Waals surface area (Å²) in [4.78, 5) is 13.8. The first-order chi connectivity index (χ1) is 14.2. The van der Waals surface area contributed by atoms with Crippen LogP contribution in [0.5, 0.6) is 11.6 Å². The fourth-order valence-corrected chi connectivity index (χ4v) is 3.54. The Balaban J connectivity index is 1.67. The molecule has 150 valence electrons. The second-order valence-corrected chi connectivity index (χ2v) is 6.84. The Morgan fingerprint density at radius 3 is 2.69 bits per heavy atom. The lowest BCUT2D eigenvalue weighted by molar-refractivity contribution is -0.930. The largest absolute Gasteiger partial charge is 0.496 e. The highest BCUT2D eigenvalue weighted by atomic mass is 16.5. The lowest BCUT2D eigenvalue weighted by Crippen LogP contribution is -3.13. The van der Waals surface area contributed by atoms with Gasteiger partial charge in [-0.2, -0.15) is 0 Å². The number of morpholine rings is 1. The van der Waals surface area contributed by atoms with E-state index in [9.17, 15) is 9.90 Å². The molecule has 2 heterocycles. The molecule has 1 aliphatic rings. The Bertz CT molecular complexity index is 1050. The van der Waals surface area contributed by atoms with Crippen molar-refractivity contribution in [3.8, 4) is 11.6 Å². The van der Waals surface area contributed by atoms with Crippen molar-refractivity contribution in [2.45, 2.75) is 6.67 Å². The fourth-order valence-electron chi connectivity index (χ4n) is 3.54. The topological polar surface area (TPSA) is 89.9 Å². The fraction of sp³-hybridized carbons (Fsp3) is 0.286. The van der Waals surface area contributed by atoms with E-state index in [1.54, 1.807) is 24.3 Å². The van der Waals surface area contributed by atoms with E-state index in [2.05, 4.69) is 10.2 Å². The Morgan fingerprint density at radius 2 is 1.90 bits per heavy atom. The molecule has 1 aliphatic heterocycles. The standard InChI is InChI=1S/C21H22N4O4/c1-28-18-9-5-3-7-16(18)20(26)23-22-19-15-6-2-4-8-17(15)25(21(19)27)14-24-10-12-29-13-11-24/h2-9,27H,10-14H2,1H3/p+1. The first-order valence-electron chi connectivity index (χ1n) is 9.49. The number of fused-ring (bicyclic) bond motifs is 1. The predicted octanol–water partition coefficient (Wildman–Crippen LogP) is 2.15. The minimum atomic E-state index is -0.530. The molecule has 4 rings (SSSR count). The number of para-hydroxylation sites is 2. The predicted molar refractivity (Wildman–Crippen MR) is 107 cm³/mol. The van der Waals surface area contributed by atoms with E-state index in [1.807, 2.05) is 28.8 Å². The average Bonchev–Trinajstić information content (AvgIpc) is 3.03. The van der Waals surface area contributed by atoms with Gasteiger partial charge in [0.2, 0.25) is 5.88 Å². The van der Waals surface area contributed by atoms with E-state index >= 15 is 0 Å². The van der Waals surface area contributed by atoms with Gasteiger partial charge in [-0.05, 0) is 18.2 Å². The van der Waals surface area contributed by atoms with Crippen LogP contribution in [0.1, 0.15) is 10.4 Å². The second kappa shape index (κ2) is 8.42. The Kier molecular flexibility index (Phi) is 5.55. The zero-order valence-electron chi connectivity index (χ0n) is 16.2. The quantitative estimate of drug-likeness (QED) is 0.648. The van der Waals surface area contributed by atoms with Crippen LogP contribution in [0.15, 0.2) is 58.8 Å². The number of aromatic hydroxyl groups is 1. The van der Waals surface area contributed by atoms with E-state index < -0.39 is 5.91 Å². The van der Waals surface area contributed by atoms with E-state index in [-0.39, 0.29) is 11.6 Å². The monoisotopic (exact) mass is 395 g/mol. The lowest BCUT2D eigenvalue weighted by atomic mass is 10.2. The van der Waals surface area contributed by atoms with Crippen molar-refractivity contribution in [1.29, 1.82) is 0 Å². The third-order valence-electron chi connectivity index (χ3n) is 5.08. The summed E-state index contributed by atoms with van der Waals surface area (Å²) in [6.45, 7) is 3.74. The number of hydrogen-bond acceptors (Lipinski definition) is 5. The van der Waals surface area contributed by atoms with E-state index in [0.717, 1.165) is 24.0 Å². The summed E-state index contributed by atoms with van der Waals surface area (Å²) in [5.74, 6) is -0.0988. The van der Waals surface area contributed by atoms with Crippen molar-refractivity contribution in [2.24, 2.45) is 10.2 Å². The highest BCUT2D eigenvalue weighted by molar-refractivity contribution is 5.98. The highest BCUT2D eigenvalue weighted by Crippen LogP contribution is 2.38. The van der Waals surface area contributed by atoms with E-state index in [0.29, 0.717) is 31.2 Å². The number of rotatable bonds is 5. The van der Waals surface area contributed by atoms with Crippen molar-refractivity contribution in [1.82, 2.24) is 4.57 Å². The molecule has 0 saturated carbocycles. The van der Waals surface area contributed by atoms with Crippen LogP contribution in [-0.2, 0) is 11.4 Å². The third-order valence-corrected chi connectivity index (χ3v) is 5.08. The molecular formula is C21H23N4O4+. The van der Waals surface area contributed by atoms with Crippen LogP contribution in [0.2, 0.25) is 0 Å². The van der Waals surface area contributed by atoms with Crippen molar-refractivity contribution in [2.75, 3.05) is 33.4 Å².